The topological polar surface area (TPSA) is 62.2 Å². The Morgan fingerprint density at radius 2 is 2.00 bits per heavy atom. The van der Waals surface area contributed by atoms with Gasteiger partial charge in [0.2, 0.25) is 5.91 Å². The summed E-state index contributed by atoms with van der Waals surface area (Å²) in [7, 11) is 0. The predicted molar refractivity (Wildman–Crippen MR) is 95.6 cm³/mol. The molecule has 2 aromatic rings. The van der Waals surface area contributed by atoms with Crippen molar-refractivity contribution in [2.45, 2.75) is 25.0 Å². The second kappa shape index (κ2) is 8.13. The van der Waals surface area contributed by atoms with Gasteiger partial charge in [-0.1, -0.05) is 30.3 Å². The van der Waals surface area contributed by atoms with Gasteiger partial charge in [-0.25, -0.2) is 4.98 Å². The number of aliphatic hydroxyl groups excluding tert-OH is 1. The number of hydrogen-bond donors (Lipinski definition) is 2. The summed E-state index contributed by atoms with van der Waals surface area (Å²) in [6.45, 7) is 3.97. The van der Waals surface area contributed by atoms with Crippen LogP contribution in [-0.2, 0) is 16.0 Å². The zero-order valence-corrected chi connectivity index (χ0v) is 14.3. The Kier molecular flexibility index (Phi) is 6.19. The molecule has 23 heavy (non-hydrogen) atoms. The molecule has 0 aliphatic rings. The molecule has 2 N–H and O–H groups in total. The first-order valence-corrected chi connectivity index (χ1v) is 8.70. The first-order valence-electron chi connectivity index (χ1n) is 7.54. The lowest BCUT2D eigenvalue weighted by Gasteiger charge is -2.24. The highest BCUT2D eigenvalue weighted by Gasteiger charge is 2.29. The van der Waals surface area contributed by atoms with E-state index in [1.54, 1.807) is 18.0 Å². The fraction of sp³-hybridized carbons (Fsp3) is 0.333. The predicted octanol–water partition coefficient (Wildman–Crippen LogP) is 3.22. The van der Waals surface area contributed by atoms with Crippen LogP contribution in [0.5, 0.6) is 0 Å². The van der Waals surface area contributed by atoms with Gasteiger partial charge in [0.1, 0.15) is 5.82 Å². The van der Waals surface area contributed by atoms with Crippen LogP contribution in [-0.4, -0.2) is 28.4 Å². The summed E-state index contributed by atoms with van der Waals surface area (Å²) in [5.41, 5.74) is 1.41. The van der Waals surface area contributed by atoms with Crippen molar-refractivity contribution in [2.75, 3.05) is 17.7 Å². The number of carbonyl (C=O) groups excluding carboxylic acids is 1. The number of pyridine rings is 1. The van der Waals surface area contributed by atoms with E-state index in [4.69, 9.17) is 5.11 Å². The van der Waals surface area contributed by atoms with Crippen LogP contribution in [0.1, 0.15) is 25.0 Å². The fourth-order valence-corrected chi connectivity index (χ4v) is 2.83. The Bertz CT molecular complexity index is 644. The molecule has 0 spiro atoms. The van der Waals surface area contributed by atoms with Crippen molar-refractivity contribution in [2.24, 2.45) is 0 Å². The molecule has 0 saturated carbocycles. The van der Waals surface area contributed by atoms with Crippen LogP contribution in [0.4, 0.5) is 5.82 Å². The fourth-order valence-electron chi connectivity index (χ4n) is 2.15. The second-order valence-electron chi connectivity index (χ2n) is 5.77. The molecule has 0 saturated heterocycles. The van der Waals surface area contributed by atoms with Gasteiger partial charge in [-0.15, -0.1) is 0 Å². The van der Waals surface area contributed by atoms with Crippen molar-refractivity contribution in [3.8, 4) is 0 Å². The summed E-state index contributed by atoms with van der Waals surface area (Å²) in [5.74, 6) is 1.96. The van der Waals surface area contributed by atoms with Gasteiger partial charge in [-0.05, 0) is 37.1 Å². The number of aliphatic hydroxyl groups is 1. The Morgan fingerprint density at radius 3 is 2.70 bits per heavy atom. The number of benzene rings is 1. The Balaban J connectivity index is 2.06. The van der Waals surface area contributed by atoms with E-state index in [9.17, 15) is 4.79 Å². The zero-order chi connectivity index (χ0) is 16.7. The minimum atomic E-state index is -0.634. The standard InChI is InChI=1S/C18H22N2O2S/c1-18(2,15-6-4-3-5-7-15)17(22)20-16-12-14(8-9-19-16)13-23-11-10-21/h3-9,12,21H,10-11,13H2,1-2H3,(H,19,20,22). The molecule has 0 aliphatic carbocycles. The Labute approximate surface area is 141 Å². The van der Waals surface area contributed by atoms with Crippen molar-refractivity contribution in [1.82, 2.24) is 4.98 Å². The quantitative estimate of drug-likeness (QED) is 0.765. The van der Waals surface area contributed by atoms with Crippen LogP contribution in [0.2, 0.25) is 0 Å². The zero-order valence-electron chi connectivity index (χ0n) is 13.5. The van der Waals surface area contributed by atoms with Crippen molar-refractivity contribution in [3.63, 3.8) is 0 Å². The van der Waals surface area contributed by atoms with Gasteiger partial charge >= 0.3 is 0 Å². The first-order chi connectivity index (χ1) is 11.0. The first kappa shape index (κ1) is 17.5. The van der Waals surface area contributed by atoms with Gasteiger partial charge in [0.25, 0.3) is 0 Å². The second-order valence-corrected chi connectivity index (χ2v) is 6.88. The van der Waals surface area contributed by atoms with Crippen molar-refractivity contribution in [1.29, 1.82) is 0 Å². The monoisotopic (exact) mass is 330 g/mol. The number of carbonyl (C=O) groups is 1. The van der Waals surface area contributed by atoms with Crippen molar-refractivity contribution in [3.05, 3.63) is 59.8 Å². The maximum atomic E-state index is 12.6. The summed E-state index contributed by atoms with van der Waals surface area (Å²) in [5, 5.41) is 11.7. The average Bonchev–Trinajstić information content (AvgIpc) is 2.56. The molecule has 0 unspecified atom stereocenters. The smallest absolute Gasteiger partial charge is 0.235 e. The van der Waals surface area contributed by atoms with Gasteiger partial charge in [0.05, 0.1) is 12.0 Å². The van der Waals surface area contributed by atoms with Gasteiger partial charge in [-0.3, -0.25) is 4.79 Å². The largest absolute Gasteiger partial charge is 0.396 e. The number of nitrogens with one attached hydrogen (secondary N) is 1. The maximum Gasteiger partial charge on any atom is 0.235 e. The van der Waals surface area contributed by atoms with E-state index in [0.717, 1.165) is 16.9 Å². The van der Waals surface area contributed by atoms with Gasteiger partial charge in [-0.2, -0.15) is 11.8 Å². The van der Waals surface area contributed by atoms with Crippen LogP contribution in [0, 0.1) is 0 Å². The molecule has 1 heterocycles. The van der Waals surface area contributed by atoms with Crippen LogP contribution < -0.4 is 5.32 Å². The highest BCUT2D eigenvalue weighted by molar-refractivity contribution is 7.98. The lowest BCUT2D eigenvalue weighted by Crippen LogP contribution is -2.34. The van der Waals surface area contributed by atoms with Crippen LogP contribution >= 0.6 is 11.8 Å². The minimum absolute atomic E-state index is 0.0867. The molecule has 0 bridgehead atoms. The number of thioether (sulfide) groups is 1. The lowest BCUT2D eigenvalue weighted by molar-refractivity contribution is -0.120. The van der Waals surface area contributed by atoms with Crippen LogP contribution in [0.15, 0.2) is 48.7 Å². The third kappa shape index (κ3) is 4.81. The summed E-state index contributed by atoms with van der Waals surface area (Å²) >= 11 is 1.65. The molecule has 0 radical (unpaired) electrons. The molecule has 0 fully saturated rings. The maximum absolute atomic E-state index is 12.6. The summed E-state index contributed by atoms with van der Waals surface area (Å²) in [6, 6.07) is 13.5. The van der Waals surface area contributed by atoms with E-state index in [-0.39, 0.29) is 12.5 Å². The number of anilines is 1. The summed E-state index contributed by atoms with van der Waals surface area (Å²) in [6.07, 6.45) is 1.69. The van der Waals surface area contributed by atoms with E-state index in [1.807, 2.05) is 56.3 Å². The van der Waals surface area contributed by atoms with Crippen LogP contribution in [0.3, 0.4) is 0 Å². The molecule has 1 aromatic heterocycles. The van der Waals surface area contributed by atoms with Crippen LogP contribution in [0.25, 0.3) is 0 Å². The molecular formula is C18H22N2O2S. The third-order valence-electron chi connectivity index (χ3n) is 3.63. The molecule has 2 rings (SSSR count). The minimum Gasteiger partial charge on any atom is -0.396 e. The van der Waals surface area contributed by atoms with E-state index >= 15 is 0 Å². The SMILES string of the molecule is CC(C)(C(=O)Nc1cc(CSCCO)ccn1)c1ccccc1. The average molecular weight is 330 g/mol. The molecule has 0 atom stereocenters. The third-order valence-corrected chi connectivity index (χ3v) is 4.64. The van der Waals surface area contributed by atoms with E-state index < -0.39 is 5.41 Å². The molecule has 4 nitrogen and oxygen atoms in total. The lowest BCUT2D eigenvalue weighted by atomic mass is 9.84. The summed E-state index contributed by atoms with van der Waals surface area (Å²) < 4.78 is 0. The van der Waals surface area contributed by atoms with Gasteiger partial charge < -0.3 is 10.4 Å². The molecule has 122 valence electrons. The molecule has 1 amide bonds. The van der Waals surface area contributed by atoms with E-state index in [0.29, 0.717) is 11.6 Å². The van der Waals surface area contributed by atoms with E-state index in [1.165, 1.54) is 0 Å². The molecule has 1 aromatic carbocycles. The highest BCUT2D eigenvalue weighted by atomic mass is 32.2. The summed E-state index contributed by atoms with van der Waals surface area (Å²) in [4.78, 5) is 16.8. The Morgan fingerprint density at radius 1 is 1.26 bits per heavy atom. The molecule has 5 heteroatoms. The number of rotatable bonds is 7. The number of nitrogens with zero attached hydrogens (tertiary/aromatic N) is 1. The molecule has 0 aliphatic heterocycles. The molecular weight excluding hydrogens is 308 g/mol. The van der Waals surface area contributed by atoms with Crippen molar-refractivity contribution >= 4 is 23.5 Å². The number of aromatic nitrogens is 1. The number of amides is 1. The van der Waals surface area contributed by atoms with E-state index in [2.05, 4.69) is 10.3 Å². The van der Waals surface area contributed by atoms with Crippen molar-refractivity contribution < 1.29 is 9.90 Å². The Hall–Kier alpha value is -1.85. The normalized spacial score (nSPS) is 11.3. The highest BCUT2D eigenvalue weighted by Crippen LogP contribution is 2.25. The van der Waals surface area contributed by atoms with Gasteiger partial charge in [0.15, 0.2) is 0 Å². The van der Waals surface area contributed by atoms with Gasteiger partial charge in [0, 0.05) is 17.7 Å². The number of hydrogen-bond acceptors (Lipinski definition) is 4.